The van der Waals surface area contributed by atoms with Gasteiger partial charge in [-0.25, -0.2) is 0 Å². The summed E-state index contributed by atoms with van der Waals surface area (Å²) in [5, 5.41) is 2.49. The summed E-state index contributed by atoms with van der Waals surface area (Å²) in [6, 6.07) is 2.19. The van der Waals surface area contributed by atoms with E-state index in [2.05, 4.69) is 10.3 Å². The Morgan fingerprint density at radius 1 is 1.31 bits per heavy atom. The molecule has 1 aromatic heterocycles. The average molecular weight is 232 g/mol. The molecule has 0 unspecified atom stereocenters. The molecule has 88 valence electrons. The lowest BCUT2D eigenvalue weighted by atomic mass is 9.96. The van der Waals surface area contributed by atoms with E-state index in [4.69, 9.17) is 0 Å². The van der Waals surface area contributed by atoms with Crippen LogP contribution in [-0.2, 0) is 16.5 Å². The van der Waals surface area contributed by atoms with Gasteiger partial charge in [0.15, 0.2) is 0 Å². The third-order valence-electron chi connectivity index (χ3n) is 2.20. The van der Waals surface area contributed by atoms with E-state index < -0.39 is 17.4 Å². The van der Waals surface area contributed by atoms with E-state index in [9.17, 15) is 18.0 Å². The van der Waals surface area contributed by atoms with Gasteiger partial charge < -0.3 is 5.32 Å². The highest BCUT2D eigenvalue weighted by atomic mass is 19.4. The smallest absolute Gasteiger partial charge is 0.350 e. The van der Waals surface area contributed by atoms with Crippen molar-refractivity contribution in [3.63, 3.8) is 0 Å². The highest BCUT2D eigenvalue weighted by Crippen LogP contribution is 2.28. The van der Waals surface area contributed by atoms with E-state index >= 15 is 0 Å². The van der Waals surface area contributed by atoms with Gasteiger partial charge in [-0.15, -0.1) is 0 Å². The number of nitrogens with one attached hydrogen (secondary N) is 1. The van der Waals surface area contributed by atoms with E-state index in [1.54, 1.807) is 13.8 Å². The fourth-order valence-corrected chi connectivity index (χ4v) is 1.16. The molecule has 1 amide bonds. The quantitative estimate of drug-likeness (QED) is 0.811. The highest BCUT2D eigenvalue weighted by molar-refractivity contribution is 5.49. The predicted molar refractivity (Wildman–Crippen MR) is 51.5 cm³/mol. The molecule has 1 rings (SSSR count). The molecular formula is C10H11F3N2O. The maximum Gasteiger partial charge on any atom is 0.433 e. The molecule has 1 N–H and O–H groups in total. The molecule has 0 radical (unpaired) electrons. The van der Waals surface area contributed by atoms with Gasteiger partial charge in [0.1, 0.15) is 5.69 Å². The molecule has 0 aliphatic rings. The summed E-state index contributed by atoms with van der Waals surface area (Å²) < 4.78 is 36.7. The molecule has 1 aromatic rings. The van der Waals surface area contributed by atoms with Crippen LogP contribution in [0.1, 0.15) is 25.1 Å². The first-order valence-corrected chi connectivity index (χ1v) is 4.52. The Labute approximate surface area is 90.7 Å². The molecule has 0 bridgehead atoms. The number of hydrogen-bond acceptors (Lipinski definition) is 2. The van der Waals surface area contributed by atoms with E-state index in [1.807, 2.05) is 0 Å². The number of rotatable bonds is 3. The lowest BCUT2D eigenvalue weighted by Crippen LogP contribution is -2.35. The number of nitrogens with zero attached hydrogens (tertiary/aromatic N) is 1. The van der Waals surface area contributed by atoms with Crippen LogP contribution in [0, 0.1) is 0 Å². The molecule has 0 spiro atoms. The molecule has 0 aliphatic heterocycles. The third kappa shape index (κ3) is 2.71. The molecule has 6 heteroatoms. The normalized spacial score (nSPS) is 12.3. The van der Waals surface area contributed by atoms with Gasteiger partial charge in [0.05, 0.1) is 5.54 Å². The topological polar surface area (TPSA) is 42.0 Å². The van der Waals surface area contributed by atoms with Crippen molar-refractivity contribution in [1.29, 1.82) is 0 Å². The molecule has 0 fully saturated rings. The zero-order valence-electron chi connectivity index (χ0n) is 8.80. The standard InChI is InChI=1S/C10H11F3N2O/c1-9(2,15-6-16)7-3-4-8(14-5-7)10(11,12)13/h3-6H,1-2H3,(H,15,16). The van der Waals surface area contributed by atoms with Crippen molar-refractivity contribution in [2.45, 2.75) is 25.6 Å². The van der Waals surface area contributed by atoms with Crippen molar-refractivity contribution in [2.24, 2.45) is 0 Å². The minimum atomic E-state index is -4.44. The number of alkyl halides is 3. The maximum absolute atomic E-state index is 12.2. The van der Waals surface area contributed by atoms with Gasteiger partial charge in [-0.2, -0.15) is 13.2 Å². The van der Waals surface area contributed by atoms with Gasteiger partial charge in [-0.3, -0.25) is 9.78 Å². The number of pyridine rings is 1. The molecule has 1 heterocycles. The fraction of sp³-hybridized carbons (Fsp3) is 0.400. The van der Waals surface area contributed by atoms with E-state index in [0.717, 1.165) is 12.3 Å². The van der Waals surface area contributed by atoms with Crippen LogP contribution in [0.5, 0.6) is 0 Å². The van der Waals surface area contributed by atoms with Gasteiger partial charge in [-0.1, -0.05) is 6.07 Å². The number of carbonyl (C=O) groups excluding carboxylic acids is 1. The third-order valence-corrected chi connectivity index (χ3v) is 2.20. The Bertz CT molecular complexity index is 371. The summed E-state index contributed by atoms with van der Waals surface area (Å²) in [6.07, 6.45) is -2.84. The van der Waals surface area contributed by atoms with Crippen molar-refractivity contribution in [2.75, 3.05) is 0 Å². The van der Waals surface area contributed by atoms with Crippen LogP contribution in [0.25, 0.3) is 0 Å². The summed E-state index contributed by atoms with van der Waals surface area (Å²) in [7, 11) is 0. The number of halogens is 3. The second kappa shape index (κ2) is 4.11. The highest BCUT2D eigenvalue weighted by Gasteiger charge is 2.32. The lowest BCUT2D eigenvalue weighted by molar-refractivity contribution is -0.141. The molecule has 0 aromatic carbocycles. The summed E-state index contributed by atoms with van der Waals surface area (Å²) in [4.78, 5) is 13.6. The van der Waals surface area contributed by atoms with Crippen LogP contribution in [0.3, 0.4) is 0 Å². The van der Waals surface area contributed by atoms with E-state index in [-0.39, 0.29) is 0 Å². The summed E-state index contributed by atoms with van der Waals surface area (Å²) in [6.45, 7) is 3.34. The van der Waals surface area contributed by atoms with Crippen molar-refractivity contribution < 1.29 is 18.0 Å². The van der Waals surface area contributed by atoms with E-state index in [0.29, 0.717) is 12.0 Å². The number of hydrogen-bond donors (Lipinski definition) is 1. The maximum atomic E-state index is 12.2. The molecule has 16 heavy (non-hydrogen) atoms. The largest absolute Gasteiger partial charge is 0.433 e. The Balaban J connectivity index is 2.99. The molecule has 0 atom stereocenters. The summed E-state index contributed by atoms with van der Waals surface area (Å²) >= 11 is 0. The van der Waals surface area contributed by atoms with Crippen molar-refractivity contribution in [1.82, 2.24) is 10.3 Å². The van der Waals surface area contributed by atoms with E-state index in [1.165, 1.54) is 6.07 Å². The van der Waals surface area contributed by atoms with Gasteiger partial charge >= 0.3 is 6.18 Å². The zero-order valence-corrected chi connectivity index (χ0v) is 8.80. The predicted octanol–water partition coefficient (Wildman–Crippen LogP) is 2.08. The minimum absolute atomic E-state index is 0.498. The van der Waals surface area contributed by atoms with Gasteiger partial charge in [0, 0.05) is 6.20 Å². The van der Waals surface area contributed by atoms with Crippen LogP contribution in [0.15, 0.2) is 18.3 Å². The Morgan fingerprint density at radius 2 is 1.94 bits per heavy atom. The summed E-state index contributed by atoms with van der Waals surface area (Å²) in [5.74, 6) is 0. The molecule has 0 saturated carbocycles. The Kier molecular flexibility index (Phi) is 3.21. The van der Waals surface area contributed by atoms with Crippen LogP contribution >= 0.6 is 0 Å². The van der Waals surface area contributed by atoms with Crippen molar-refractivity contribution in [3.05, 3.63) is 29.6 Å². The Hall–Kier alpha value is -1.59. The first-order valence-electron chi connectivity index (χ1n) is 4.52. The second-order valence-corrected chi connectivity index (χ2v) is 3.82. The number of aromatic nitrogens is 1. The minimum Gasteiger partial charge on any atom is -0.350 e. The molecule has 0 saturated heterocycles. The van der Waals surface area contributed by atoms with Gasteiger partial charge in [0.2, 0.25) is 6.41 Å². The van der Waals surface area contributed by atoms with Crippen molar-refractivity contribution in [3.8, 4) is 0 Å². The van der Waals surface area contributed by atoms with Crippen LogP contribution < -0.4 is 5.32 Å². The first kappa shape index (κ1) is 12.5. The molecule has 3 nitrogen and oxygen atoms in total. The SMILES string of the molecule is CC(C)(NC=O)c1ccc(C(F)(F)F)nc1. The first-order chi connectivity index (χ1) is 7.27. The van der Waals surface area contributed by atoms with Crippen LogP contribution in [0.4, 0.5) is 13.2 Å². The van der Waals surface area contributed by atoms with Gasteiger partial charge in [0.25, 0.3) is 0 Å². The number of amides is 1. The monoisotopic (exact) mass is 232 g/mol. The van der Waals surface area contributed by atoms with Gasteiger partial charge in [-0.05, 0) is 25.5 Å². The fourth-order valence-electron chi connectivity index (χ4n) is 1.16. The number of carbonyl (C=O) groups is 1. The van der Waals surface area contributed by atoms with Crippen LogP contribution in [-0.4, -0.2) is 11.4 Å². The second-order valence-electron chi connectivity index (χ2n) is 3.82. The Morgan fingerprint density at radius 3 is 2.31 bits per heavy atom. The average Bonchev–Trinajstić information content (AvgIpc) is 2.16. The summed E-state index contributed by atoms with van der Waals surface area (Å²) in [5.41, 5.74) is -1.18. The van der Waals surface area contributed by atoms with Crippen molar-refractivity contribution >= 4 is 6.41 Å². The molecule has 0 aliphatic carbocycles. The zero-order chi connectivity index (χ0) is 12.4. The molecular weight excluding hydrogens is 221 g/mol. The van der Waals surface area contributed by atoms with Crippen LogP contribution in [0.2, 0.25) is 0 Å². The lowest BCUT2D eigenvalue weighted by Gasteiger charge is -2.24.